The van der Waals surface area contributed by atoms with Gasteiger partial charge in [0.2, 0.25) is 5.91 Å². The van der Waals surface area contributed by atoms with E-state index in [9.17, 15) is 18.8 Å². The number of hydrazine groups is 1. The third-order valence-electron chi connectivity index (χ3n) is 5.40. The fourth-order valence-corrected chi connectivity index (χ4v) is 3.60. The van der Waals surface area contributed by atoms with Crippen molar-refractivity contribution < 1.29 is 23.5 Å². The van der Waals surface area contributed by atoms with Gasteiger partial charge in [0.1, 0.15) is 11.9 Å². The van der Waals surface area contributed by atoms with Crippen molar-refractivity contribution >= 4 is 23.6 Å². The Morgan fingerprint density at radius 2 is 1.97 bits per heavy atom. The molecule has 180 valence electrons. The van der Waals surface area contributed by atoms with Gasteiger partial charge in [-0.2, -0.15) is 0 Å². The highest BCUT2D eigenvalue weighted by Gasteiger charge is 2.32. The number of cyclic esters (lactones) is 1. The van der Waals surface area contributed by atoms with Crippen LogP contribution in [0.4, 0.5) is 14.9 Å². The molecule has 3 N–H and O–H groups in total. The lowest BCUT2D eigenvalue weighted by Gasteiger charge is -2.15. The maximum atomic E-state index is 14.9. The topological polar surface area (TPSA) is 113 Å². The monoisotopic (exact) mass is 477 g/mol. The molecule has 1 aliphatic heterocycles. The van der Waals surface area contributed by atoms with E-state index in [4.69, 9.17) is 4.74 Å². The van der Waals surface area contributed by atoms with Gasteiger partial charge >= 0.3 is 6.09 Å². The van der Waals surface area contributed by atoms with Crippen molar-refractivity contribution in [1.29, 1.82) is 0 Å². The summed E-state index contributed by atoms with van der Waals surface area (Å²) in [6.45, 7) is 2.18. The zero-order valence-electron chi connectivity index (χ0n) is 19.0. The lowest BCUT2D eigenvalue weighted by molar-refractivity contribution is -0.119. The average molecular weight is 477 g/mol. The number of rotatable bonds is 8. The standard InChI is InChI=1S/C25H24FN5O4/c1-16(32)28-14-21-15-31(25(34)35-21)20-8-9-22(23(26)11-20)18-6-4-17(5-7-18)12-29-30-24(33)19-3-2-10-27-13-19/h2-11,13,21,29H,12,14-15H2,1H3,(H,28,32)(H,30,33). The molecule has 1 saturated heterocycles. The van der Waals surface area contributed by atoms with Crippen LogP contribution >= 0.6 is 0 Å². The van der Waals surface area contributed by atoms with Crippen LogP contribution in [0.1, 0.15) is 22.8 Å². The van der Waals surface area contributed by atoms with Crippen molar-refractivity contribution in [1.82, 2.24) is 21.2 Å². The maximum absolute atomic E-state index is 14.9. The van der Waals surface area contributed by atoms with E-state index in [1.54, 1.807) is 42.6 Å². The molecule has 1 unspecified atom stereocenters. The van der Waals surface area contributed by atoms with Crippen LogP contribution in [-0.2, 0) is 16.1 Å². The molecule has 1 fully saturated rings. The number of pyridine rings is 1. The van der Waals surface area contributed by atoms with Gasteiger partial charge in [-0.3, -0.25) is 24.9 Å². The lowest BCUT2D eigenvalue weighted by atomic mass is 10.0. The van der Waals surface area contributed by atoms with E-state index in [0.29, 0.717) is 28.9 Å². The summed E-state index contributed by atoms with van der Waals surface area (Å²) in [4.78, 5) is 40.5. The molecular weight excluding hydrogens is 453 g/mol. The molecule has 1 aromatic heterocycles. The summed E-state index contributed by atoms with van der Waals surface area (Å²) in [5.41, 5.74) is 8.24. The molecule has 9 nitrogen and oxygen atoms in total. The van der Waals surface area contributed by atoms with Gasteiger partial charge in [0.05, 0.1) is 24.3 Å². The number of ether oxygens (including phenoxy) is 1. The second-order valence-electron chi connectivity index (χ2n) is 7.96. The molecule has 0 radical (unpaired) electrons. The smallest absolute Gasteiger partial charge is 0.414 e. The van der Waals surface area contributed by atoms with Gasteiger partial charge in [0, 0.05) is 31.4 Å². The number of nitrogens with one attached hydrogen (secondary N) is 3. The highest BCUT2D eigenvalue weighted by molar-refractivity contribution is 5.93. The average Bonchev–Trinajstić information content (AvgIpc) is 3.24. The van der Waals surface area contributed by atoms with Crippen LogP contribution in [0.2, 0.25) is 0 Å². The van der Waals surface area contributed by atoms with Gasteiger partial charge in [-0.15, -0.1) is 0 Å². The first-order chi connectivity index (χ1) is 16.9. The lowest BCUT2D eigenvalue weighted by Crippen LogP contribution is -2.36. The molecule has 2 heterocycles. The van der Waals surface area contributed by atoms with Crippen LogP contribution in [0, 0.1) is 5.82 Å². The number of aromatic nitrogens is 1. The van der Waals surface area contributed by atoms with Gasteiger partial charge in [0.25, 0.3) is 5.91 Å². The van der Waals surface area contributed by atoms with E-state index in [2.05, 4.69) is 21.2 Å². The van der Waals surface area contributed by atoms with Gasteiger partial charge < -0.3 is 10.1 Å². The molecular formula is C25H24FN5O4. The largest absolute Gasteiger partial charge is 0.442 e. The van der Waals surface area contributed by atoms with E-state index in [-0.39, 0.29) is 24.9 Å². The Balaban J connectivity index is 1.35. The van der Waals surface area contributed by atoms with Crippen molar-refractivity contribution in [2.75, 3.05) is 18.0 Å². The zero-order chi connectivity index (χ0) is 24.8. The summed E-state index contributed by atoms with van der Waals surface area (Å²) >= 11 is 0. The number of amides is 3. The number of hydrogen-bond donors (Lipinski definition) is 3. The number of hydrogen-bond acceptors (Lipinski definition) is 6. The van der Waals surface area contributed by atoms with Crippen LogP contribution in [-0.4, -0.2) is 42.1 Å². The molecule has 2 aromatic carbocycles. The summed E-state index contributed by atoms with van der Waals surface area (Å²) in [5, 5.41) is 2.61. The molecule has 4 rings (SSSR count). The summed E-state index contributed by atoms with van der Waals surface area (Å²) in [7, 11) is 0. The van der Waals surface area contributed by atoms with Crippen LogP contribution in [0.5, 0.6) is 0 Å². The van der Waals surface area contributed by atoms with Crippen LogP contribution in [0.3, 0.4) is 0 Å². The summed E-state index contributed by atoms with van der Waals surface area (Å²) < 4.78 is 20.2. The minimum atomic E-state index is -0.583. The van der Waals surface area contributed by atoms with Crippen LogP contribution in [0.25, 0.3) is 11.1 Å². The minimum Gasteiger partial charge on any atom is -0.442 e. The van der Waals surface area contributed by atoms with E-state index < -0.39 is 18.0 Å². The van der Waals surface area contributed by atoms with Crippen molar-refractivity contribution in [3.05, 3.63) is 83.9 Å². The van der Waals surface area contributed by atoms with Gasteiger partial charge in [-0.1, -0.05) is 24.3 Å². The molecule has 1 aliphatic rings. The normalized spacial score (nSPS) is 15.0. The van der Waals surface area contributed by atoms with Crippen molar-refractivity contribution in [3.8, 4) is 11.1 Å². The fourth-order valence-electron chi connectivity index (χ4n) is 3.60. The molecule has 0 aliphatic carbocycles. The molecule has 0 bridgehead atoms. The van der Waals surface area contributed by atoms with E-state index >= 15 is 0 Å². The predicted molar refractivity (Wildman–Crippen MR) is 127 cm³/mol. The highest BCUT2D eigenvalue weighted by Crippen LogP contribution is 2.29. The number of nitrogens with zero attached hydrogens (tertiary/aromatic N) is 2. The first kappa shape index (κ1) is 23.8. The number of halogens is 1. The second-order valence-corrected chi connectivity index (χ2v) is 7.96. The van der Waals surface area contributed by atoms with Crippen molar-refractivity contribution in [2.24, 2.45) is 0 Å². The Kier molecular flexibility index (Phi) is 7.32. The zero-order valence-corrected chi connectivity index (χ0v) is 19.0. The Labute approximate surface area is 201 Å². The predicted octanol–water partition coefficient (Wildman–Crippen LogP) is 2.78. The SMILES string of the molecule is CC(=O)NCC1CN(c2ccc(-c3ccc(CNNC(=O)c4cccnc4)cc3)c(F)c2)C(=O)O1. The molecule has 3 aromatic rings. The second kappa shape index (κ2) is 10.7. The van der Waals surface area contributed by atoms with E-state index in [1.165, 1.54) is 24.1 Å². The van der Waals surface area contributed by atoms with Crippen molar-refractivity contribution in [3.63, 3.8) is 0 Å². The Morgan fingerprint density at radius 3 is 2.66 bits per heavy atom. The Hall–Kier alpha value is -4.31. The first-order valence-electron chi connectivity index (χ1n) is 11.0. The van der Waals surface area contributed by atoms with Gasteiger partial charge in [-0.05, 0) is 41.5 Å². The molecule has 10 heteroatoms. The summed E-state index contributed by atoms with van der Waals surface area (Å²) in [6, 6.07) is 15.1. The molecule has 0 saturated carbocycles. The molecule has 3 amide bonds. The first-order valence-corrected chi connectivity index (χ1v) is 11.0. The van der Waals surface area contributed by atoms with Crippen molar-refractivity contribution in [2.45, 2.75) is 19.6 Å². The third kappa shape index (κ3) is 5.98. The highest BCUT2D eigenvalue weighted by atomic mass is 19.1. The fraction of sp³-hybridized carbons (Fsp3) is 0.200. The summed E-state index contributed by atoms with van der Waals surface area (Å²) in [6.07, 6.45) is 1.99. The molecule has 35 heavy (non-hydrogen) atoms. The van der Waals surface area contributed by atoms with Gasteiger partial charge in [0.15, 0.2) is 0 Å². The number of benzene rings is 2. The van der Waals surface area contributed by atoms with Crippen LogP contribution in [0.15, 0.2) is 67.0 Å². The number of carbonyl (C=O) groups excluding carboxylic acids is 3. The Bertz CT molecular complexity index is 1220. The van der Waals surface area contributed by atoms with E-state index in [1.807, 2.05) is 12.1 Å². The number of anilines is 1. The molecule has 1 atom stereocenters. The van der Waals surface area contributed by atoms with E-state index in [0.717, 1.165) is 5.56 Å². The quantitative estimate of drug-likeness (QED) is 0.430. The van der Waals surface area contributed by atoms with Crippen LogP contribution < -0.4 is 21.1 Å². The minimum absolute atomic E-state index is 0.201. The van der Waals surface area contributed by atoms with Gasteiger partial charge in [-0.25, -0.2) is 14.6 Å². The summed E-state index contributed by atoms with van der Waals surface area (Å²) in [5.74, 6) is -0.985. The number of carbonyl (C=O) groups is 3. The third-order valence-corrected chi connectivity index (χ3v) is 5.40. The molecule has 0 spiro atoms. The Morgan fingerprint density at radius 1 is 1.17 bits per heavy atom. The maximum Gasteiger partial charge on any atom is 0.414 e.